The number of halogens is 1. The molecule has 1 amide bonds. The number of benzene rings is 2. The van der Waals surface area contributed by atoms with Gasteiger partial charge in [0.15, 0.2) is 16.9 Å². The maximum atomic E-state index is 14.0. The second kappa shape index (κ2) is 12.0. The van der Waals surface area contributed by atoms with Gasteiger partial charge < -0.3 is 23.5 Å². The second-order valence-electron chi connectivity index (χ2n) is 10.2. The van der Waals surface area contributed by atoms with Gasteiger partial charge in [-0.2, -0.15) is 0 Å². The molecule has 1 aliphatic rings. The van der Waals surface area contributed by atoms with Crippen LogP contribution in [-0.4, -0.2) is 43.3 Å². The molecule has 0 saturated carbocycles. The van der Waals surface area contributed by atoms with Crippen molar-refractivity contribution in [3.05, 3.63) is 69.3 Å². The van der Waals surface area contributed by atoms with Crippen LogP contribution >= 0.6 is 0 Å². The van der Waals surface area contributed by atoms with Crippen LogP contribution in [0, 0.1) is 11.7 Å². The van der Waals surface area contributed by atoms with Crippen molar-refractivity contribution in [2.24, 2.45) is 5.92 Å². The van der Waals surface area contributed by atoms with Crippen molar-refractivity contribution in [1.29, 1.82) is 0 Å². The van der Waals surface area contributed by atoms with E-state index in [-0.39, 0.29) is 34.3 Å². The maximum Gasteiger partial charge on any atom is 0.290 e. The van der Waals surface area contributed by atoms with E-state index in [9.17, 15) is 14.0 Å². The van der Waals surface area contributed by atoms with Crippen molar-refractivity contribution < 1.29 is 27.8 Å². The van der Waals surface area contributed by atoms with E-state index >= 15 is 0 Å². The van der Waals surface area contributed by atoms with Crippen molar-refractivity contribution in [3.63, 3.8) is 0 Å². The Kier molecular flexibility index (Phi) is 8.72. The smallest absolute Gasteiger partial charge is 0.290 e. The highest BCUT2D eigenvalue weighted by molar-refractivity contribution is 5.99. The molecule has 1 atom stereocenters. The van der Waals surface area contributed by atoms with Crippen LogP contribution in [0.5, 0.6) is 11.5 Å². The summed E-state index contributed by atoms with van der Waals surface area (Å²) in [5, 5.41) is 0.102. The Balaban J connectivity index is 1.78. The zero-order valence-corrected chi connectivity index (χ0v) is 22.7. The molecule has 0 aliphatic carbocycles. The fourth-order valence-corrected chi connectivity index (χ4v) is 4.61. The fourth-order valence-electron chi connectivity index (χ4n) is 4.61. The van der Waals surface area contributed by atoms with Gasteiger partial charge in [-0.05, 0) is 75.4 Å². The Bertz CT molecular complexity index is 1350. The highest BCUT2D eigenvalue weighted by atomic mass is 19.1. The molecule has 1 aromatic heterocycles. The number of carbonyl (C=O) groups excluding carboxylic acids is 1. The molecule has 2 heterocycles. The Morgan fingerprint density at radius 2 is 1.79 bits per heavy atom. The first kappa shape index (κ1) is 27.6. The van der Waals surface area contributed by atoms with Gasteiger partial charge in [0.25, 0.3) is 5.91 Å². The lowest BCUT2D eigenvalue weighted by molar-refractivity contribution is 0.0593. The van der Waals surface area contributed by atoms with Crippen LogP contribution in [0.4, 0.5) is 4.39 Å². The van der Waals surface area contributed by atoms with Crippen molar-refractivity contribution in [2.45, 2.75) is 59.6 Å². The molecule has 1 aliphatic heterocycles. The van der Waals surface area contributed by atoms with E-state index < -0.39 is 17.3 Å². The van der Waals surface area contributed by atoms with E-state index in [0.717, 1.165) is 12.5 Å². The summed E-state index contributed by atoms with van der Waals surface area (Å²) in [5.41, 5.74) is 0.643. The number of hydrogen-bond donors (Lipinski definition) is 0. The molecule has 8 heteroatoms. The SMILES string of the molecule is CCOc1cc(C2c3c(oc4ccc(F)cc4c3=O)C(=O)N2CCCOC(C)C)ccc1OCCC(C)C. The van der Waals surface area contributed by atoms with Crippen LogP contribution in [0.3, 0.4) is 0 Å². The van der Waals surface area contributed by atoms with Gasteiger partial charge >= 0.3 is 0 Å². The molecule has 3 aromatic rings. The standard InChI is InChI=1S/C30H36FNO6/c1-6-35-25-16-20(8-10-24(25)37-15-12-18(2)3)27-26-28(33)22-17-21(31)9-11-23(22)38-29(26)30(34)32(27)13-7-14-36-19(4)5/h8-11,16-19,27H,6-7,12-15H2,1-5H3. The minimum Gasteiger partial charge on any atom is -0.490 e. The highest BCUT2D eigenvalue weighted by Crippen LogP contribution is 2.41. The summed E-state index contributed by atoms with van der Waals surface area (Å²) in [6.45, 7) is 11.8. The van der Waals surface area contributed by atoms with E-state index in [2.05, 4.69) is 13.8 Å². The largest absolute Gasteiger partial charge is 0.490 e. The minimum atomic E-state index is -0.718. The number of rotatable bonds is 12. The van der Waals surface area contributed by atoms with E-state index in [1.807, 2.05) is 39.0 Å². The molecule has 38 heavy (non-hydrogen) atoms. The predicted octanol–water partition coefficient (Wildman–Crippen LogP) is 6.12. The van der Waals surface area contributed by atoms with Crippen LogP contribution in [0.25, 0.3) is 11.0 Å². The minimum absolute atomic E-state index is 0.0147. The van der Waals surface area contributed by atoms with Crippen LogP contribution in [0.1, 0.15) is 75.2 Å². The Labute approximate surface area is 222 Å². The molecule has 0 spiro atoms. The molecular formula is C30H36FNO6. The quantitative estimate of drug-likeness (QED) is 0.265. The molecule has 0 radical (unpaired) electrons. The fraction of sp³-hybridized carbons (Fsp3) is 0.467. The zero-order valence-electron chi connectivity index (χ0n) is 22.7. The summed E-state index contributed by atoms with van der Waals surface area (Å²) in [7, 11) is 0. The summed E-state index contributed by atoms with van der Waals surface area (Å²) >= 11 is 0. The van der Waals surface area contributed by atoms with Gasteiger partial charge in [-0.1, -0.05) is 19.9 Å². The topological polar surface area (TPSA) is 78.2 Å². The molecule has 0 saturated heterocycles. The van der Waals surface area contributed by atoms with Crippen molar-refractivity contribution in [2.75, 3.05) is 26.4 Å². The van der Waals surface area contributed by atoms with Crippen LogP contribution < -0.4 is 14.9 Å². The number of carbonyl (C=O) groups is 1. The third kappa shape index (κ3) is 5.85. The average molecular weight is 526 g/mol. The lowest BCUT2D eigenvalue weighted by atomic mass is 9.98. The molecule has 2 aromatic carbocycles. The molecule has 0 fully saturated rings. The summed E-state index contributed by atoms with van der Waals surface area (Å²) in [5.74, 6) is 0.694. The highest BCUT2D eigenvalue weighted by Gasteiger charge is 2.42. The number of fused-ring (bicyclic) bond motifs is 2. The van der Waals surface area contributed by atoms with Gasteiger partial charge in [-0.25, -0.2) is 4.39 Å². The third-order valence-corrected chi connectivity index (χ3v) is 6.46. The Hall–Kier alpha value is -3.39. The molecule has 0 bridgehead atoms. The average Bonchev–Trinajstić information content (AvgIpc) is 3.14. The number of amides is 1. The van der Waals surface area contributed by atoms with Gasteiger partial charge in [0.05, 0.1) is 36.3 Å². The molecule has 0 N–H and O–H groups in total. The third-order valence-electron chi connectivity index (χ3n) is 6.46. The summed E-state index contributed by atoms with van der Waals surface area (Å²) in [6, 6.07) is 8.49. The lowest BCUT2D eigenvalue weighted by Crippen LogP contribution is -2.31. The number of ether oxygens (including phenoxy) is 3. The molecule has 1 unspecified atom stereocenters. The first-order valence-electron chi connectivity index (χ1n) is 13.3. The number of hydrogen-bond acceptors (Lipinski definition) is 6. The Morgan fingerprint density at radius 1 is 1.00 bits per heavy atom. The lowest BCUT2D eigenvalue weighted by Gasteiger charge is -2.26. The van der Waals surface area contributed by atoms with Gasteiger partial charge in [0, 0.05) is 13.2 Å². The summed E-state index contributed by atoms with van der Waals surface area (Å²) in [4.78, 5) is 28.9. The molecule has 4 rings (SSSR count). The molecular weight excluding hydrogens is 489 g/mol. The van der Waals surface area contributed by atoms with Gasteiger partial charge in [0.1, 0.15) is 11.4 Å². The van der Waals surface area contributed by atoms with Crippen molar-refractivity contribution in [3.8, 4) is 11.5 Å². The van der Waals surface area contributed by atoms with Crippen LogP contribution in [-0.2, 0) is 4.74 Å². The first-order valence-corrected chi connectivity index (χ1v) is 13.3. The Morgan fingerprint density at radius 3 is 2.50 bits per heavy atom. The zero-order chi connectivity index (χ0) is 27.4. The van der Waals surface area contributed by atoms with Crippen molar-refractivity contribution >= 4 is 16.9 Å². The van der Waals surface area contributed by atoms with Gasteiger partial charge in [-0.3, -0.25) is 9.59 Å². The van der Waals surface area contributed by atoms with E-state index in [4.69, 9.17) is 18.6 Å². The summed E-state index contributed by atoms with van der Waals surface area (Å²) in [6.07, 6.45) is 1.54. The molecule has 7 nitrogen and oxygen atoms in total. The van der Waals surface area contributed by atoms with Gasteiger partial charge in [0.2, 0.25) is 5.76 Å². The van der Waals surface area contributed by atoms with E-state index in [0.29, 0.717) is 55.8 Å². The van der Waals surface area contributed by atoms with E-state index in [1.54, 1.807) is 4.90 Å². The first-order chi connectivity index (χ1) is 18.2. The van der Waals surface area contributed by atoms with Crippen LogP contribution in [0.15, 0.2) is 45.6 Å². The monoisotopic (exact) mass is 525 g/mol. The van der Waals surface area contributed by atoms with E-state index in [1.165, 1.54) is 12.1 Å². The van der Waals surface area contributed by atoms with Crippen LogP contribution in [0.2, 0.25) is 0 Å². The van der Waals surface area contributed by atoms with Crippen molar-refractivity contribution in [1.82, 2.24) is 4.90 Å². The van der Waals surface area contributed by atoms with Gasteiger partial charge in [-0.15, -0.1) is 0 Å². The second-order valence-corrected chi connectivity index (χ2v) is 10.2. The molecule has 204 valence electrons. The normalized spacial score (nSPS) is 15.1. The maximum absolute atomic E-state index is 14.0. The number of nitrogens with zero attached hydrogens (tertiary/aromatic N) is 1. The summed E-state index contributed by atoms with van der Waals surface area (Å²) < 4.78 is 37.5. The predicted molar refractivity (Wildman–Crippen MR) is 144 cm³/mol.